The summed E-state index contributed by atoms with van der Waals surface area (Å²) in [4.78, 5) is 13.3. The predicted octanol–water partition coefficient (Wildman–Crippen LogP) is 3.35. The molecule has 0 aliphatic carbocycles. The van der Waals surface area contributed by atoms with E-state index in [9.17, 15) is 18.5 Å². The zero-order valence-electron chi connectivity index (χ0n) is 18.8. The number of piperazine rings is 1. The van der Waals surface area contributed by atoms with E-state index < -0.39 is 14.9 Å². The van der Waals surface area contributed by atoms with Gasteiger partial charge in [-0.1, -0.05) is 26.0 Å². The number of hydrogen-bond donors (Lipinski definition) is 1. The number of methoxy groups -OCH3 is 1. The Labute approximate surface area is 189 Å². The van der Waals surface area contributed by atoms with Crippen molar-refractivity contribution in [3.05, 3.63) is 58.1 Å². The monoisotopic (exact) mass is 462 g/mol. The Morgan fingerprint density at radius 1 is 1.06 bits per heavy atom. The van der Waals surface area contributed by atoms with E-state index in [2.05, 4.69) is 5.32 Å². The largest absolute Gasteiger partial charge is 0.497 e. The van der Waals surface area contributed by atoms with Gasteiger partial charge in [0.1, 0.15) is 11.4 Å². The molecule has 1 unspecified atom stereocenters. The van der Waals surface area contributed by atoms with Crippen LogP contribution in [0.1, 0.15) is 25.5 Å². The highest BCUT2D eigenvalue weighted by molar-refractivity contribution is 7.89. The summed E-state index contributed by atoms with van der Waals surface area (Å²) in [5.74, 6) is 0.845. The zero-order valence-corrected chi connectivity index (χ0v) is 19.6. The van der Waals surface area contributed by atoms with Crippen LogP contribution in [-0.4, -0.2) is 62.9 Å². The van der Waals surface area contributed by atoms with Crippen molar-refractivity contribution in [3.63, 3.8) is 0 Å². The van der Waals surface area contributed by atoms with Gasteiger partial charge in [-0.3, -0.25) is 10.1 Å². The van der Waals surface area contributed by atoms with Crippen molar-refractivity contribution >= 4 is 21.4 Å². The fraction of sp³-hybridized carbons (Fsp3) is 0.455. The van der Waals surface area contributed by atoms with E-state index in [1.165, 1.54) is 16.4 Å². The van der Waals surface area contributed by atoms with Crippen molar-refractivity contribution in [1.29, 1.82) is 0 Å². The average Bonchev–Trinajstić information content (AvgIpc) is 2.77. The SMILES string of the molecule is COc1ccc(C(Nc2ccc(S(=O)(=O)N3CCN(C)CC3)cc2[N+](=O)[O-])C(C)C)cc1. The van der Waals surface area contributed by atoms with Crippen LogP contribution >= 0.6 is 0 Å². The minimum absolute atomic E-state index is 0.0650. The molecule has 0 saturated carbocycles. The number of nitro groups is 1. The topological polar surface area (TPSA) is 105 Å². The summed E-state index contributed by atoms with van der Waals surface area (Å²) < 4.78 is 32.7. The molecule has 0 aromatic heterocycles. The Morgan fingerprint density at radius 2 is 1.69 bits per heavy atom. The van der Waals surface area contributed by atoms with Gasteiger partial charge in [0.05, 0.1) is 23.0 Å². The van der Waals surface area contributed by atoms with E-state index in [0.29, 0.717) is 26.2 Å². The van der Waals surface area contributed by atoms with Crippen LogP contribution in [0.4, 0.5) is 11.4 Å². The lowest BCUT2D eigenvalue weighted by Gasteiger charge is -2.31. The van der Waals surface area contributed by atoms with Crippen molar-refractivity contribution in [1.82, 2.24) is 9.21 Å². The first-order valence-electron chi connectivity index (χ1n) is 10.5. The van der Waals surface area contributed by atoms with Crippen LogP contribution in [-0.2, 0) is 10.0 Å². The van der Waals surface area contributed by atoms with Gasteiger partial charge in [0, 0.05) is 32.2 Å². The van der Waals surface area contributed by atoms with Gasteiger partial charge in [0.2, 0.25) is 10.0 Å². The molecule has 3 rings (SSSR count). The van der Waals surface area contributed by atoms with Crippen molar-refractivity contribution < 1.29 is 18.1 Å². The molecule has 1 fully saturated rings. The Hall–Kier alpha value is -2.69. The standard InChI is InChI=1S/C22H30N4O5S/c1-16(2)22(17-5-7-18(31-4)8-6-17)23-20-10-9-19(15-21(20)26(27)28)32(29,30)25-13-11-24(3)12-14-25/h5-10,15-16,22-23H,11-14H2,1-4H3. The van der Waals surface area contributed by atoms with Gasteiger partial charge in [-0.25, -0.2) is 8.42 Å². The lowest BCUT2D eigenvalue weighted by molar-refractivity contribution is -0.384. The minimum atomic E-state index is -3.80. The molecule has 1 N–H and O–H groups in total. The molecule has 1 aliphatic rings. The molecule has 0 bridgehead atoms. The number of hydrogen-bond acceptors (Lipinski definition) is 7. The molecule has 1 aliphatic heterocycles. The average molecular weight is 463 g/mol. The van der Waals surface area contributed by atoms with Crippen LogP contribution in [0.15, 0.2) is 47.4 Å². The van der Waals surface area contributed by atoms with E-state index in [-0.39, 0.29) is 28.2 Å². The Kier molecular flexibility index (Phi) is 7.37. The van der Waals surface area contributed by atoms with Gasteiger partial charge in [0.25, 0.3) is 5.69 Å². The fourth-order valence-electron chi connectivity index (χ4n) is 3.74. The molecule has 2 aromatic carbocycles. The van der Waals surface area contributed by atoms with E-state index in [1.54, 1.807) is 7.11 Å². The van der Waals surface area contributed by atoms with Crippen molar-refractivity contribution in [2.75, 3.05) is 45.7 Å². The molecular weight excluding hydrogens is 432 g/mol. The summed E-state index contributed by atoms with van der Waals surface area (Å²) in [7, 11) is -0.277. The van der Waals surface area contributed by atoms with E-state index in [4.69, 9.17) is 4.74 Å². The third-order valence-corrected chi connectivity index (χ3v) is 7.61. The molecule has 0 amide bonds. The molecule has 1 heterocycles. The van der Waals surface area contributed by atoms with Crippen LogP contribution < -0.4 is 10.1 Å². The van der Waals surface area contributed by atoms with Crippen molar-refractivity contribution in [2.45, 2.75) is 24.8 Å². The highest BCUT2D eigenvalue weighted by Gasteiger charge is 2.30. The fourth-order valence-corrected chi connectivity index (χ4v) is 5.18. The molecule has 32 heavy (non-hydrogen) atoms. The van der Waals surface area contributed by atoms with Crippen molar-refractivity contribution in [2.24, 2.45) is 5.92 Å². The number of sulfonamides is 1. The molecule has 1 atom stereocenters. The van der Waals surface area contributed by atoms with E-state index in [1.807, 2.05) is 50.1 Å². The molecule has 2 aromatic rings. The first-order valence-corrected chi connectivity index (χ1v) is 11.9. The van der Waals surface area contributed by atoms with Gasteiger partial charge in [-0.2, -0.15) is 4.31 Å². The third-order valence-electron chi connectivity index (χ3n) is 5.72. The number of anilines is 1. The van der Waals surface area contributed by atoms with Gasteiger partial charge >= 0.3 is 0 Å². The zero-order chi connectivity index (χ0) is 23.5. The second kappa shape index (κ2) is 9.85. The molecule has 174 valence electrons. The summed E-state index contributed by atoms with van der Waals surface area (Å²) in [6.45, 7) is 6.00. The maximum atomic E-state index is 13.0. The van der Waals surface area contributed by atoms with Gasteiger partial charge in [-0.05, 0) is 42.8 Å². The summed E-state index contributed by atoms with van der Waals surface area (Å²) in [5.41, 5.74) is 0.963. The molecule has 1 saturated heterocycles. The number of likely N-dealkylation sites (N-methyl/N-ethyl adjacent to an activating group) is 1. The van der Waals surface area contributed by atoms with Crippen LogP contribution in [0, 0.1) is 16.0 Å². The molecule has 0 radical (unpaired) electrons. The first-order chi connectivity index (χ1) is 15.1. The summed E-state index contributed by atoms with van der Waals surface area (Å²) in [6.07, 6.45) is 0. The maximum absolute atomic E-state index is 13.0. The van der Waals surface area contributed by atoms with Gasteiger partial charge in [-0.15, -0.1) is 0 Å². The third kappa shape index (κ3) is 5.20. The van der Waals surface area contributed by atoms with Gasteiger partial charge in [0.15, 0.2) is 0 Å². The highest BCUT2D eigenvalue weighted by Crippen LogP contribution is 2.34. The van der Waals surface area contributed by atoms with Crippen LogP contribution in [0.25, 0.3) is 0 Å². The Morgan fingerprint density at radius 3 is 2.22 bits per heavy atom. The van der Waals surface area contributed by atoms with Crippen LogP contribution in [0.3, 0.4) is 0 Å². The van der Waals surface area contributed by atoms with Crippen LogP contribution in [0.2, 0.25) is 0 Å². The second-order valence-electron chi connectivity index (χ2n) is 8.28. The Balaban J connectivity index is 1.92. The maximum Gasteiger partial charge on any atom is 0.293 e. The number of rotatable bonds is 8. The summed E-state index contributed by atoms with van der Waals surface area (Å²) in [6, 6.07) is 11.4. The Bertz CT molecular complexity index is 1050. The number of nitro benzene ring substituents is 1. The van der Waals surface area contributed by atoms with E-state index in [0.717, 1.165) is 17.4 Å². The number of nitrogens with one attached hydrogen (secondary N) is 1. The summed E-state index contributed by atoms with van der Waals surface area (Å²) in [5, 5.41) is 15.1. The second-order valence-corrected chi connectivity index (χ2v) is 10.2. The quantitative estimate of drug-likeness (QED) is 0.474. The number of ether oxygens (including phenoxy) is 1. The van der Waals surface area contributed by atoms with Crippen molar-refractivity contribution in [3.8, 4) is 5.75 Å². The lowest BCUT2D eigenvalue weighted by atomic mass is 9.95. The minimum Gasteiger partial charge on any atom is -0.497 e. The van der Waals surface area contributed by atoms with Gasteiger partial charge < -0.3 is 15.0 Å². The molecular formula is C22H30N4O5S. The molecule has 10 heteroatoms. The molecule has 0 spiro atoms. The summed E-state index contributed by atoms with van der Waals surface area (Å²) >= 11 is 0. The predicted molar refractivity (Wildman–Crippen MR) is 124 cm³/mol. The molecule has 9 nitrogen and oxygen atoms in total. The first kappa shape index (κ1) is 24.0. The van der Waals surface area contributed by atoms with E-state index >= 15 is 0 Å². The normalized spacial score (nSPS) is 16.7. The lowest BCUT2D eigenvalue weighted by Crippen LogP contribution is -2.47. The number of benzene rings is 2. The highest BCUT2D eigenvalue weighted by atomic mass is 32.2. The smallest absolute Gasteiger partial charge is 0.293 e. The van der Waals surface area contributed by atoms with Crippen LogP contribution in [0.5, 0.6) is 5.75 Å². The number of nitrogens with zero attached hydrogens (tertiary/aromatic N) is 3.